The SMILES string of the molecule is CCCNC(C1=CCCO1)c1cnc2ccccc2n1. The first-order chi connectivity index (χ1) is 9.88. The van der Waals surface area contributed by atoms with Crippen molar-refractivity contribution >= 4 is 11.0 Å². The number of rotatable bonds is 5. The Bertz CT molecular complexity index is 624. The highest BCUT2D eigenvalue weighted by Crippen LogP contribution is 2.26. The quantitative estimate of drug-likeness (QED) is 0.906. The van der Waals surface area contributed by atoms with E-state index in [2.05, 4.69) is 23.3 Å². The van der Waals surface area contributed by atoms with E-state index < -0.39 is 0 Å². The van der Waals surface area contributed by atoms with Gasteiger partial charge in [0.15, 0.2) is 0 Å². The van der Waals surface area contributed by atoms with Gasteiger partial charge in [0.1, 0.15) is 11.8 Å². The van der Waals surface area contributed by atoms with Crippen LogP contribution in [0.1, 0.15) is 31.5 Å². The molecule has 1 aromatic carbocycles. The summed E-state index contributed by atoms with van der Waals surface area (Å²) in [6.45, 7) is 3.85. The average molecular weight is 269 g/mol. The maximum Gasteiger partial charge on any atom is 0.115 e. The predicted molar refractivity (Wildman–Crippen MR) is 79.2 cm³/mol. The zero-order chi connectivity index (χ0) is 13.8. The van der Waals surface area contributed by atoms with Gasteiger partial charge in [0.2, 0.25) is 0 Å². The Hall–Kier alpha value is -1.94. The Kier molecular flexibility index (Phi) is 3.92. The molecule has 1 atom stereocenters. The van der Waals surface area contributed by atoms with E-state index in [1.54, 1.807) is 0 Å². The monoisotopic (exact) mass is 269 g/mol. The van der Waals surface area contributed by atoms with Crippen LogP contribution in [-0.2, 0) is 4.74 Å². The molecule has 104 valence electrons. The molecule has 0 radical (unpaired) electrons. The fourth-order valence-electron chi connectivity index (χ4n) is 2.39. The summed E-state index contributed by atoms with van der Waals surface area (Å²) >= 11 is 0. The maximum atomic E-state index is 5.71. The average Bonchev–Trinajstić information content (AvgIpc) is 3.02. The van der Waals surface area contributed by atoms with Crippen LogP contribution in [0.2, 0.25) is 0 Å². The molecule has 2 heterocycles. The number of aromatic nitrogens is 2. The Morgan fingerprint density at radius 1 is 1.30 bits per heavy atom. The second kappa shape index (κ2) is 6.01. The summed E-state index contributed by atoms with van der Waals surface area (Å²) in [5, 5.41) is 3.50. The summed E-state index contributed by atoms with van der Waals surface area (Å²) in [6, 6.07) is 7.94. The Balaban J connectivity index is 1.95. The molecule has 0 spiro atoms. The Morgan fingerprint density at radius 2 is 2.15 bits per heavy atom. The standard InChI is InChI=1S/C16H19N3O/c1-2-9-17-16(15-8-5-10-20-15)14-11-18-12-6-3-4-7-13(12)19-14/h3-4,6-8,11,16-17H,2,5,9-10H2,1H3. The smallest absolute Gasteiger partial charge is 0.115 e. The van der Waals surface area contributed by atoms with Crippen molar-refractivity contribution in [3.8, 4) is 0 Å². The largest absolute Gasteiger partial charge is 0.496 e. The Labute approximate surface area is 118 Å². The third-order valence-corrected chi connectivity index (χ3v) is 3.38. The van der Waals surface area contributed by atoms with E-state index in [0.717, 1.165) is 48.5 Å². The number of hydrogen-bond acceptors (Lipinski definition) is 4. The molecule has 0 fully saturated rings. The summed E-state index contributed by atoms with van der Waals surface area (Å²) < 4.78 is 5.71. The number of hydrogen-bond donors (Lipinski definition) is 1. The first-order valence-corrected chi connectivity index (χ1v) is 7.16. The molecule has 4 nitrogen and oxygen atoms in total. The van der Waals surface area contributed by atoms with Crippen molar-refractivity contribution in [1.82, 2.24) is 15.3 Å². The van der Waals surface area contributed by atoms with Gasteiger partial charge in [0.05, 0.1) is 29.5 Å². The van der Waals surface area contributed by atoms with Crippen LogP contribution in [-0.4, -0.2) is 23.1 Å². The maximum absolute atomic E-state index is 5.71. The Morgan fingerprint density at radius 3 is 2.90 bits per heavy atom. The van der Waals surface area contributed by atoms with E-state index in [1.807, 2.05) is 30.5 Å². The molecule has 0 bridgehead atoms. The van der Waals surface area contributed by atoms with Crippen molar-refractivity contribution in [2.75, 3.05) is 13.2 Å². The van der Waals surface area contributed by atoms with E-state index in [9.17, 15) is 0 Å². The van der Waals surface area contributed by atoms with Crippen LogP contribution in [0, 0.1) is 0 Å². The molecule has 1 aliphatic heterocycles. The number of nitrogens with zero attached hydrogens (tertiary/aromatic N) is 2. The van der Waals surface area contributed by atoms with Gasteiger partial charge in [0.25, 0.3) is 0 Å². The molecule has 0 amide bonds. The van der Waals surface area contributed by atoms with Crippen LogP contribution < -0.4 is 5.32 Å². The van der Waals surface area contributed by atoms with Crippen LogP contribution in [0.25, 0.3) is 11.0 Å². The van der Waals surface area contributed by atoms with Crippen molar-refractivity contribution in [2.24, 2.45) is 0 Å². The van der Waals surface area contributed by atoms with E-state index in [0.29, 0.717) is 0 Å². The van der Waals surface area contributed by atoms with Gasteiger partial charge in [-0.15, -0.1) is 0 Å². The molecule has 1 unspecified atom stereocenters. The van der Waals surface area contributed by atoms with E-state index in [4.69, 9.17) is 9.72 Å². The van der Waals surface area contributed by atoms with E-state index in [1.165, 1.54) is 0 Å². The predicted octanol–water partition coefficient (Wildman–Crippen LogP) is 2.97. The van der Waals surface area contributed by atoms with Gasteiger partial charge < -0.3 is 10.1 Å². The third-order valence-electron chi connectivity index (χ3n) is 3.38. The van der Waals surface area contributed by atoms with Gasteiger partial charge in [0, 0.05) is 6.42 Å². The molecule has 0 aliphatic carbocycles. The lowest BCUT2D eigenvalue weighted by molar-refractivity contribution is 0.214. The van der Waals surface area contributed by atoms with Crippen molar-refractivity contribution in [3.05, 3.63) is 48.0 Å². The molecule has 1 N–H and O–H groups in total. The minimum atomic E-state index is 0.00885. The second-order valence-electron chi connectivity index (χ2n) is 4.91. The zero-order valence-electron chi connectivity index (χ0n) is 11.7. The highest BCUT2D eigenvalue weighted by atomic mass is 16.5. The van der Waals surface area contributed by atoms with Crippen molar-refractivity contribution in [3.63, 3.8) is 0 Å². The second-order valence-corrected chi connectivity index (χ2v) is 4.91. The summed E-state index contributed by atoms with van der Waals surface area (Å²) in [5.41, 5.74) is 2.77. The molecule has 1 aromatic heterocycles. The van der Waals surface area contributed by atoms with Crippen molar-refractivity contribution < 1.29 is 4.74 Å². The lowest BCUT2D eigenvalue weighted by atomic mass is 10.1. The van der Waals surface area contributed by atoms with E-state index in [-0.39, 0.29) is 6.04 Å². The molecule has 20 heavy (non-hydrogen) atoms. The fourth-order valence-corrected chi connectivity index (χ4v) is 2.39. The number of ether oxygens (including phenoxy) is 1. The topological polar surface area (TPSA) is 47.0 Å². The van der Waals surface area contributed by atoms with Gasteiger partial charge in [-0.2, -0.15) is 0 Å². The van der Waals surface area contributed by atoms with Crippen LogP contribution in [0.3, 0.4) is 0 Å². The highest BCUT2D eigenvalue weighted by Gasteiger charge is 2.22. The van der Waals surface area contributed by atoms with Crippen molar-refractivity contribution in [2.45, 2.75) is 25.8 Å². The summed E-state index contributed by atoms with van der Waals surface area (Å²) in [6.07, 6.45) is 6.04. The molecule has 4 heteroatoms. The fraction of sp³-hybridized carbons (Fsp3) is 0.375. The van der Waals surface area contributed by atoms with Gasteiger partial charge >= 0.3 is 0 Å². The number of benzene rings is 1. The van der Waals surface area contributed by atoms with Crippen LogP contribution in [0.15, 0.2) is 42.3 Å². The number of fused-ring (bicyclic) bond motifs is 1. The van der Waals surface area contributed by atoms with Crippen LogP contribution in [0.5, 0.6) is 0 Å². The summed E-state index contributed by atoms with van der Waals surface area (Å²) in [5.74, 6) is 0.975. The molecule has 0 saturated heterocycles. The number of para-hydroxylation sites is 2. The molecule has 2 aromatic rings. The zero-order valence-corrected chi connectivity index (χ0v) is 11.7. The van der Waals surface area contributed by atoms with Gasteiger partial charge in [-0.25, -0.2) is 4.98 Å². The third kappa shape index (κ3) is 2.65. The first-order valence-electron chi connectivity index (χ1n) is 7.16. The molecule has 1 aliphatic rings. The van der Waals surface area contributed by atoms with Gasteiger partial charge in [-0.05, 0) is 31.2 Å². The van der Waals surface area contributed by atoms with Crippen LogP contribution in [0.4, 0.5) is 0 Å². The normalized spacial score (nSPS) is 15.9. The lowest BCUT2D eigenvalue weighted by Gasteiger charge is -2.19. The molecular weight excluding hydrogens is 250 g/mol. The first kappa shape index (κ1) is 13.1. The molecule has 3 rings (SSSR count). The minimum absolute atomic E-state index is 0.00885. The lowest BCUT2D eigenvalue weighted by Crippen LogP contribution is -2.25. The highest BCUT2D eigenvalue weighted by molar-refractivity contribution is 5.73. The van der Waals surface area contributed by atoms with Gasteiger partial charge in [-0.1, -0.05) is 19.1 Å². The summed E-state index contributed by atoms with van der Waals surface area (Å²) in [7, 11) is 0. The number of nitrogens with one attached hydrogen (secondary N) is 1. The van der Waals surface area contributed by atoms with Crippen molar-refractivity contribution in [1.29, 1.82) is 0 Å². The minimum Gasteiger partial charge on any atom is -0.496 e. The molecule has 0 saturated carbocycles. The summed E-state index contributed by atoms with van der Waals surface area (Å²) in [4.78, 5) is 9.22. The molecular formula is C16H19N3O. The van der Waals surface area contributed by atoms with Crippen LogP contribution >= 0.6 is 0 Å². The van der Waals surface area contributed by atoms with E-state index >= 15 is 0 Å². The van der Waals surface area contributed by atoms with Gasteiger partial charge in [-0.3, -0.25) is 4.98 Å².